The quantitative estimate of drug-likeness (QED) is 0.751. The highest BCUT2D eigenvalue weighted by molar-refractivity contribution is 5.57. The Labute approximate surface area is 109 Å². The smallest absolute Gasteiger partial charge is 0.259 e. The van der Waals surface area contributed by atoms with Gasteiger partial charge in [0, 0.05) is 12.4 Å². The number of nitrogen functional groups attached to an aromatic ring is 1. The molecule has 0 radical (unpaired) electrons. The van der Waals surface area contributed by atoms with E-state index in [1.54, 1.807) is 24.5 Å². The van der Waals surface area contributed by atoms with Crippen molar-refractivity contribution in [2.45, 2.75) is 6.92 Å². The summed E-state index contributed by atoms with van der Waals surface area (Å²) in [5.74, 6) is 1.30. The van der Waals surface area contributed by atoms with Gasteiger partial charge in [-0.25, -0.2) is 4.98 Å². The van der Waals surface area contributed by atoms with Gasteiger partial charge in [-0.2, -0.15) is 4.98 Å². The molecule has 0 aliphatic rings. The first-order chi connectivity index (χ1) is 9.22. The lowest BCUT2D eigenvalue weighted by Gasteiger charge is -1.95. The predicted octanol–water partition coefficient (Wildman–Crippen LogP) is 2.08. The molecule has 0 unspecified atom stereocenters. The molecule has 0 atom stereocenters. The van der Waals surface area contributed by atoms with Gasteiger partial charge in [0.05, 0.1) is 5.56 Å². The van der Waals surface area contributed by atoms with Gasteiger partial charge in [0.2, 0.25) is 5.82 Å². The second kappa shape index (κ2) is 4.49. The van der Waals surface area contributed by atoms with Crippen LogP contribution in [-0.2, 0) is 0 Å². The van der Waals surface area contributed by atoms with Crippen molar-refractivity contribution in [1.82, 2.24) is 20.1 Å². The van der Waals surface area contributed by atoms with Crippen molar-refractivity contribution in [2.24, 2.45) is 0 Å². The average Bonchev–Trinajstić information content (AvgIpc) is 2.89. The summed E-state index contributed by atoms with van der Waals surface area (Å²) < 4.78 is 5.20. The number of hydrogen-bond donors (Lipinski definition) is 1. The first kappa shape index (κ1) is 11.3. The van der Waals surface area contributed by atoms with Gasteiger partial charge < -0.3 is 10.3 Å². The highest BCUT2D eigenvalue weighted by Crippen LogP contribution is 2.21. The molecular weight excluding hydrogens is 242 g/mol. The average molecular weight is 253 g/mol. The highest BCUT2D eigenvalue weighted by Gasteiger charge is 2.11. The number of hydrogen-bond acceptors (Lipinski definition) is 6. The minimum atomic E-state index is 0.394. The van der Waals surface area contributed by atoms with Gasteiger partial charge in [-0.3, -0.25) is 4.98 Å². The Balaban J connectivity index is 1.97. The van der Waals surface area contributed by atoms with Crippen molar-refractivity contribution in [3.05, 3.63) is 42.2 Å². The van der Waals surface area contributed by atoms with Crippen LogP contribution in [0.1, 0.15) is 5.56 Å². The number of aromatic nitrogens is 4. The van der Waals surface area contributed by atoms with E-state index >= 15 is 0 Å². The van der Waals surface area contributed by atoms with Gasteiger partial charge in [-0.1, -0.05) is 5.16 Å². The van der Waals surface area contributed by atoms with E-state index < -0.39 is 0 Å². The van der Waals surface area contributed by atoms with Crippen molar-refractivity contribution >= 4 is 5.82 Å². The lowest BCUT2D eigenvalue weighted by atomic mass is 10.2. The molecule has 3 aromatic heterocycles. The van der Waals surface area contributed by atoms with Crippen LogP contribution in [0.15, 0.2) is 41.2 Å². The molecule has 0 amide bonds. The molecule has 0 spiro atoms. The van der Waals surface area contributed by atoms with Gasteiger partial charge in [0.25, 0.3) is 5.89 Å². The van der Waals surface area contributed by atoms with Gasteiger partial charge >= 0.3 is 0 Å². The first-order valence-corrected chi connectivity index (χ1v) is 5.71. The fraction of sp³-hybridized carbons (Fsp3) is 0.0769. The van der Waals surface area contributed by atoms with Crippen LogP contribution in [0.25, 0.3) is 23.0 Å². The first-order valence-electron chi connectivity index (χ1n) is 5.71. The molecule has 94 valence electrons. The molecule has 0 aromatic carbocycles. The zero-order chi connectivity index (χ0) is 13.2. The Bertz CT molecular complexity index is 705. The topological polar surface area (TPSA) is 90.7 Å². The van der Waals surface area contributed by atoms with Crippen LogP contribution in [0.4, 0.5) is 5.82 Å². The minimum Gasteiger partial charge on any atom is -0.384 e. The largest absolute Gasteiger partial charge is 0.384 e. The van der Waals surface area contributed by atoms with Crippen molar-refractivity contribution < 1.29 is 4.52 Å². The van der Waals surface area contributed by atoms with E-state index in [1.165, 1.54) is 0 Å². The van der Waals surface area contributed by atoms with Crippen LogP contribution < -0.4 is 5.73 Å². The number of aryl methyl sites for hydroxylation is 1. The Morgan fingerprint density at radius 1 is 1.16 bits per heavy atom. The lowest BCUT2D eigenvalue weighted by Crippen LogP contribution is -1.89. The van der Waals surface area contributed by atoms with Crippen molar-refractivity contribution in [1.29, 1.82) is 0 Å². The van der Waals surface area contributed by atoms with E-state index in [-0.39, 0.29) is 0 Å². The number of nitrogens with zero attached hydrogens (tertiary/aromatic N) is 4. The van der Waals surface area contributed by atoms with Crippen molar-refractivity contribution in [3.63, 3.8) is 0 Å². The molecule has 6 nitrogen and oxygen atoms in total. The second-order valence-electron chi connectivity index (χ2n) is 4.11. The monoisotopic (exact) mass is 253 g/mol. The molecule has 3 heterocycles. The molecule has 0 bridgehead atoms. The van der Waals surface area contributed by atoms with Gasteiger partial charge in [-0.05, 0) is 36.8 Å². The summed E-state index contributed by atoms with van der Waals surface area (Å²) in [6.07, 6.45) is 3.31. The molecular formula is C13H11N5O. The molecule has 0 fully saturated rings. The molecule has 0 aliphatic carbocycles. The van der Waals surface area contributed by atoms with E-state index in [0.717, 1.165) is 11.1 Å². The zero-order valence-corrected chi connectivity index (χ0v) is 10.2. The van der Waals surface area contributed by atoms with Crippen LogP contribution in [0, 0.1) is 6.92 Å². The molecule has 19 heavy (non-hydrogen) atoms. The molecule has 3 rings (SSSR count). The Morgan fingerprint density at radius 3 is 2.79 bits per heavy atom. The molecule has 0 saturated carbocycles. The molecule has 6 heteroatoms. The third-order valence-electron chi connectivity index (χ3n) is 2.60. The van der Waals surface area contributed by atoms with Gasteiger partial charge in [-0.15, -0.1) is 0 Å². The summed E-state index contributed by atoms with van der Waals surface area (Å²) in [5, 5.41) is 3.92. The van der Waals surface area contributed by atoms with Crippen molar-refractivity contribution in [3.8, 4) is 23.0 Å². The SMILES string of the molecule is Cc1ccnc(-c2noc(-c3ccc(N)nc3)n2)c1. The molecule has 3 aromatic rings. The van der Waals surface area contributed by atoms with E-state index in [1.807, 2.05) is 19.1 Å². The predicted molar refractivity (Wildman–Crippen MR) is 69.9 cm³/mol. The van der Waals surface area contributed by atoms with E-state index in [0.29, 0.717) is 23.2 Å². The Morgan fingerprint density at radius 2 is 2.05 bits per heavy atom. The molecule has 0 saturated heterocycles. The Hall–Kier alpha value is -2.76. The summed E-state index contributed by atoms with van der Waals surface area (Å²) >= 11 is 0. The van der Waals surface area contributed by atoms with Crippen molar-refractivity contribution in [2.75, 3.05) is 5.73 Å². The van der Waals surface area contributed by atoms with Gasteiger partial charge in [0.1, 0.15) is 11.5 Å². The highest BCUT2D eigenvalue weighted by atomic mass is 16.5. The Kier molecular flexibility index (Phi) is 2.68. The molecule has 0 aliphatic heterocycles. The summed E-state index contributed by atoms with van der Waals surface area (Å²) in [6.45, 7) is 1.98. The zero-order valence-electron chi connectivity index (χ0n) is 10.2. The number of pyridine rings is 2. The summed E-state index contributed by atoms with van der Waals surface area (Å²) in [7, 11) is 0. The lowest BCUT2D eigenvalue weighted by molar-refractivity contribution is 0.432. The van der Waals surface area contributed by atoms with E-state index in [4.69, 9.17) is 10.3 Å². The third kappa shape index (κ3) is 2.28. The number of rotatable bonds is 2. The molecule has 2 N–H and O–H groups in total. The van der Waals surface area contributed by atoms with Crippen LogP contribution >= 0.6 is 0 Å². The van der Waals surface area contributed by atoms with Gasteiger partial charge in [0.15, 0.2) is 0 Å². The van der Waals surface area contributed by atoms with E-state index in [9.17, 15) is 0 Å². The fourth-order valence-corrected chi connectivity index (χ4v) is 1.64. The standard InChI is InChI=1S/C13H11N5O/c1-8-4-5-15-10(6-8)12-17-13(19-18-12)9-2-3-11(14)16-7-9/h2-7H,1H3,(H2,14,16). The number of anilines is 1. The second-order valence-corrected chi connectivity index (χ2v) is 4.11. The van der Waals surface area contributed by atoms with Crippen LogP contribution in [0.3, 0.4) is 0 Å². The normalized spacial score (nSPS) is 10.6. The maximum absolute atomic E-state index is 5.53. The minimum absolute atomic E-state index is 0.394. The fourth-order valence-electron chi connectivity index (χ4n) is 1.64. The summed E-state index contributed by atoms with van der Waals surface area (Å²) in [5.41, 5.74) is 8.02. The maximum atomic E-state index is 5.53. The van der Waals surface area contributed by atoms with Crippen LogP contribution in [0.2, 0.25) is 0 Å². The van der Waals surface area contributed by atoms with E-state index in [2.05, 4.69) is 20.1 Å². The van der Waals surface area contributed by atoms with Crippen LogP contribution in [-0.4, -0.2) is 20.1 Å². The summed E-state index contributed by atoms with van der Waals surface area (Å²) in [6, 6.07) is 7.28. The van der Waals surface area contributed by atoms with Crippen LogP contribution in [0.5, 0.6) is 0 Å². The number of nitrogens with two attached hydrogens (primary N) is 1. The maximum Gasteiger partial charge on any atom is 0.259 e. The third-order valence-corrected chi connectivity index (χ3v) is 2.60. The summed E-state index contributed by atoms with van der Waals surface area (Å²) in [4.78, 5) is 12.5.